The van der Waals surface area contributed by atoms with Crippen molar-refractivity contribution in [1.82, 2.24) is 9.97 Å². The molecule has 0 radical (unpaired) electrons. The van der Waals surface area contributed by atoms with Crippen LogP contribution in [0.5, 0.6) is 0 Å². The van der Waals surface area contributed by atoms with E-state index in [1.165, 1.54) is 25.0 Å². The average molecular weight is 299 g/mol. The second-order valence-corrected chi connectivity index (χ2v) is 6.37. The molecule has 0 bridgehead atoms. The van der Waals surface area contributed by atoms with E-state index in [2.05, 4.69) is 9.97 Å². The van der Waals surface area contributed by atoms with Gasteiger partial charge in [0.15, 0.2) is 0 Å². The molecule has 5 N–H and O–H groups in total. The minimum absolute atomic E-state index is 0.193. The van der Waals surface area contributed by atoms with Gasteiger partial charge < -0.3 is 25.8 Å². The SMILES string of the molecule is C[C@]1(O)[C@@H](C2CSc3c(N)ncnc32)O[C@H](CO)[C@H]1O. The minimum atomic E-state index is -1.44. The Labute approximate surface area is 120 Å². The molecule has 110 valence electrons. The molecule has 3 heterocycles. The number of ether oxygens (including phenoxy) is 1. The summed E-state index contributed by atoms with van der Waals surface area (Å²) >= 11 is 1.51. The van der Waals surface area contributed by atoms with Crippen molar-refractivity contribution in [1.29, 1.82) is 0 Å². The van der Waals surface area contributed by atoms with E-state index < -0.39 is 23.9 Å². The Morgan fingerprint density at radius 1 is 1.55 bits per heavy atom. The molecule has 2 aliphatic heterocycles. The summed E-state index contributed by atoms with van der Waals surface area (Å²) < 4.78 is 5.65. The van der Waals surface area contributed by atoms with Gasteiger partial charge >= 0.3 is 0 Å². The van der Waals surface area contributed by atoms with Crippen molar-refractivity contribution in [2.75, 3.05) is 18.1 Å². The molecule has 20 heavy (non-hydrogen) atoms. The number of thioether (sulfide) groups is 1. The zero-order valence-corrected chi connectivity index (χ0v) is 11.7. The second-order valence-electron chi connectivity index (χ2n) is 5.34. The smallest absolute Gasteiger partial charge is 0.140 e. The molecule has 0 saturated carbocycles. The molecule has 2 aliphatic rings. The predicted molar refractivity (Wildman–Crippen MR) is 72.3 cm³/mol. The number of nitrogens with zero attached hydrogens (tertiary/aromatic N) is 2. The van der Waals surface area contributed by atoms with Gasteiger partial charge in [-0.3, -0.25) is 0 Å². The fourth-order valence-corrected chi connectivity index (χ4v) is 4.12. The first-order valence-electron chi connectivity index (χ1n) is 6.36. The summed E-state index contributed by atoms with van der Waals surface area (Å²) in [6, 6.07) is 0. The molecular weight excluding hydrogens is 282 g/mol. The normalized spacial score (nSPS) is 40.0. The number of anilines is 1. The summed E-state index contributed by atoms with van der Waals surface area (Å²) in [7, 11) is 0. The van der Waals surface area contributed by atoms with E-state index in [0.717, 1.165) is 10.6 Å². The number of rotatable bonds is 2. The van der Waals surface area contributed by atoms with Gasteiger partial charge in [0.1, 0.15) is 30.0 Å². The van der Waals surface area contributed by atoms with Crippen molar-refractivity contribution in [3.8, 4) is 0 Å². The third-order valence-corrected chi connectivity index (χ3v) is 5.24. The number of aliphatic hydroxyl groups excluding tert-OH is 2. The highest BCUT2D eigenvalue weighted by Gasteiger charge is 2.56. The highest BCUT2D eigenvalue weighted by molar-refractivity contribution is 7.99. The largest absolute Gasteiger partial charge is 0.394 e. The van der Waals surface area contributed by atoms with Crippen molar-refractivity contribution in [3.63, 3.8) is 0 Å². The first kappa shape index (κ1) is 14.0. The van der Waals surface area contributed by atoms with Crippen LogP contribution in [0.25, 0.3) is 0 Å². The van der Waals surface area contributed by atoms with Crippen molar-refractivity contribution < 1.29 is 20.1 Å². The van der Waals surface area contributed by atoms with Crippen LogP contribution in [-0.4, -0.2) is 61.6 Å². The highest BCUT2D eigenvalue weighted by Crippen LogP contribution is 2.48. The molecule has 0 spiro atoms. The van der Waals surface area contributed by atoms with Crippen LogP contribution in [0.2, 0.25) is 0 Å². The summed E-state index contributed by atoms with van der Waals surface area (Å²) in [5, 5.41) is 29.8. The molecule has 1 saturated heterocycles. The van der Waals surface area contributed by atoms with Crippen LogP contribution in [-0.2, 0) is 4.74 Å². The van der Waals surface area contributed by atoms with E-state index in [9.17, 15) is 15.3 Å². The van der Waals surface area contributed by atoms with E-state index in [1.807, 2.05) is 0 Å². The maximum atomic E-state index is 10.5. The second kappa shape index (κ2) is 4.81. The molecule has 1 fully saturated rings. The van der Waals surface area contributed by atoms with Crippen molar-refractivity contribution >= 4 is 17.6 Å². The molecule has 0 amide bonds. The molecule has 1 aromatic rings. The van der Waals surface area contributed by atoms with E-state index in [1.54, 1.807) is 0 Å². The summed E-state index contributed by atoms with van der Waals surface area (Å²) in [5.74, 6) is 0.866. The van der Waals surface area contributed by atoms with Crippen molar-refractivity contribution in [2.45, 2.75) is 41.7 Å². The number of nitrogen functional groups attached to an aromatic ring is 1. The molecular formula is C12H17N3O4S. The Morgan fingerprint density at radius 3 is 2.95 bits per heavy atom. The number of aromatic nitrogens is 2. The maximum absolute atomic E-state index is 10.5. The Morgan fingerprint density at radius 2 is 2.30 bits per heavy atom. The number of aliphatic hydroxyl groups is 3. The van der Waals surface area contributed by atoms with Gasteiger partial charge in [-0.05, 0) is 6.92 Å². The molecule has 1 unspecified atom stereocenters. The van der Waals surface area contributed by atoms with Crippen LogP contribution in [0.15, 0.2) is 11.2 Å². The number of nitrogens with two attached hydrogens (primary N) is 1. The summed E-state index contributed by atoms with van der Waals surface area (Å²) in [6.07, 6.45) is -1.18. The Hall–Kier alpha value is -0.930. The summed E-state index contributed by atoms with van der Waals surface area (Å²) in [6.45, 7) is 1.18. The quantitative estimate of drug-likeness (QED) is 0.555. The van der Waals surface area contributed by atoms with E-state index in [0.29, 0.717) is 11.6 Å². The number of hydrogen-bond donors (Lipinski definition) is 4. The van der Waals surface area contributed by atoms with Gasteiger partial charge in [-0.15, -0.1) is 11.8 Å². The molecule has 0 aromatic carbocycles. The molecule has 3 rings (SSSR count). The monoisotopic (exact) mass is 299 g/mol. The van der Waals surface area contributed by atoms with E-state index >= 15 is 0 Å². The van der Waals surface area contributed by atoms with Gasteiger partial charge in [0.2, 0.25) is 0 Å². The van der Waals surface area contributed by atoms with Gasteiger partial charge in [0.05, 0.1) is 23.3 Å². The first-order chi connectivity index (χ1) is 9.46. The van der Waals surface area contributed by atoms with Crippen LogP contribution in [0.3, 0.4) is 0 Å². The Kier molecular flexibility index (Phi) is 3.38. The Bertz CT molecular complexity index is 527. The van der Waals surface area contributed by atoms with E-state index in [-0.39, 0.29) is 12.5 Å². The van der Waals surface area contributed by atoms with Crippen LogP contribution < -0.4 is 5.73 Å². The summed E-state index contributed by atoms with van der Waals surface area (Å²) in [5.41, 5.74) is 5.11. The molecule has 8 heteroatoms. The van der Waals surface area contributed by atoms with Crippen LogP contribution in [0.1, 0.15) is 18.5 Å². The van der Waals surface area contributed by atoms with E-state index in [4.69, 9.17) is 10.5 Å². The number of fused-ring (bicyclic) bond motifs is 1. The van der Waals surface area contributed by atoms with Gasteiger partial charge in [-0.1, -0.05) is 0 Å². The fraction of sp³-hybridized carbons (Fsp3) is 0.667. The molecule has 0 aliphatic carbocycles. The fourth-order valence-electron chi connectivity index (χ4n) is 2.89. The van der Waals surface area contributed by atoms with Gasteiger partial charge in [0, 0.05) is 11.7 Å². The minimum Gasteiger partial charge on any atom is -0.394 e. The van der Waals surface area contributed by atoms with Crippen molar-refractivity contribution in [3.05, 3.63) is 12.0 Å². The lowest BCUT2D eigenvalue weighted by molar-refractivity contribution is -0.0701. The third-order valence-electron chi connectivity index (χ3n) is 4.01. The van der Waals surface area contributed by atoms with Gasteiger partial charge in [0.25, 0.3) is 0 Å². The molecule has 5 atom stereocenters. The lowest BCUT2D eigenvalue weighted by Crippen LogP contribution is -2.48. The van der Waals surface area contributed by atoms with Crippen molar-refractivity contribution in [2.24, 2.45) is 0 Å². The topological polar surface area (TPSA) is 122 Å². The van der Waals surface area contributed by atoms with Crippen LogP contribution in [0, 0.1) is 0 Å². The first-order valence-corrected chi connectivity index (χ1v) is 7.35. The number of hydrogen-bond acceptors (Lipinski definition) is 8. The summed E-state index contributed by atoms with van der Waals surface area (Å²) in [4.78, 5) is 8.99. The zero-order valence-electron chi connectivity index (χ0n) is 10.9. The third kappa shape index (κ3) is 1.91. The van der Waals surface area contributed by atoms with Crippen LogP contribution in [0.4, 0.5) is 5.82 Å². The average Bonchev–Trinajstić information content (AvgIpc) is 2.92. The lowest BCUT2D eigenvalue weighted by Gasteiger charge is -2.30. The standard InChI is InChI=1S/C12H17N3O4S/c1-12(18)9(17)6(2-16)19-10(12)5-3-20-8-7(5)14-4-15-11(8)13/h4-6,9-10,16-18H,2-3H2,1H3,(H2,13,14,15)/t5?,6-,9-,10-,12-/m1/s1. The highest BCUT2D eigenvalue weighted by atomic mass is 32.2. The lowest BCUT2D eigenvalue weighted by atomic mass is 9.84. The molecule has 1 aromatic heterocycles. The predicted octanol–water partition coefficient (Wildman–Crippen LogP) is -0.880. The van der Waals surface area contributed by atoms with Gasteiger partial charge in [-0.25, -0.2) is 9.97 Å². The zero-order chi connectivity index (χ0) is 14.5. The van der Waals surface area contributed by atoms with Crippen LogP contribution >= 0.6 is 11.8 Å². The maximum Gasteiger partial charge on any atom is 0.140 e. The van der Waals surface area contributed by atoms with Gasteiger partial charge in [-0.2, -0.15) is 0 Å². The Balaban J connectivity index is 1.95. The molecule has 7 nitrogen and oxygen atoms in total.